The van der Waals surface area contributed by atoms with Gasteiger partial charge in [0.25, 0.3) is 0 Å². The SMILES string of the molecule is CC(=O)NC1(c2ccc(F)cc2)CCN(Cc2ccc(N3CCCC3)c(F)c2)CC1. The van der Waals surface area contributed by atoms with Gasteiger partial charge in [-0.15, -0.1) is 0 Å². The minimum Gasteiger partial charge on any atom is -0.369 e. The molecule has 0 atom stereocenters. The van der Waals surface area contributed by atoms with Gasteiger partial charge in [0.05, 0.1) is 11.2 Å². The molecule has 2 heterocycles. The fourth-order valence-electron chi connectivity index (χ4n) is 4.81. The van der Waals surface area contributed by atoms with Gasteiger partial charge in [-0.1, -0.05) is 18.2 Å². The van der Waals surface area contributed by atoms with Gasteiger partial charge in [0.15, 0.2) is 0 Å². The van der Waals surface area contributed by atoms with Gasteiger partial charge < -0.3 is 10.2 Å². The molecule has 6 heteroatoms. The molecule has 2 fully saturated rings. The van der Waals surface area contributed by atoms with E-state index in [1.165, 1.54) is 19.1 Å². The van der Waals surface area contributed by atoms with Gasteiger partial charge in [-0.25, -0.2) is 8.78 Å². The normalized spacial score (nSPS) is 19.1. The summed E-state index contributed by atoms with van der Waals surface area (Å²) in [6.45, 7) is 5.59. The molecule has 1 amide bonds. The number of piperidine rings is 1. The highest BCUT2D eigenvalue weighted by molar-refractivity contribution is 5.74. The number of hydrogen-bond donors (Lipinski definition) is 1. The van der Waals surface area contributed by atoms with E-state index in [-0.39, 0.29) is 17.5 Å². The number of amides is 1. The van der Waals surface area contributed by atoms with E-state index in [1.54, 1.807) is 18.2 Å². The number of likely N-dealkylation sites (tertiary alicyclic amines) is 1. The topological polar surface area (TPSA) is 35.6 Å². The van der Waals surface area contributed by atoms with Gasteiger partial charge >= 0.3 is 0 Å². The first-order valence-electron chi connectivity index (χ1n) is 10.8. The van der Waals surface area contributed by atoms with E-state index >= 15 is 0 Å². The summed E-state index contributed by atoms with van der Waals surface area (Å²) in [6, 6.07) is 12.0. The van der Waals surface area contributed by atoms with E-state index < -0.39 is 5.54 Å². The van der Waals surface area contributed by atoms with Crippen molar-refractivity contribution in [2.45, 2.75) is 44.7 Å². The summed E-state index contributed by atoms with van der Waals surface area (Å²) in [5.41, 5.74) is 2.11. The van der Waals surface area contributed by atoms with Crippen LogP contribution in [-0.4, -0.2) is 37.0 Å². The lowest BCUT2D eigenvalue weighted by Gasteiger charge is -2.42. The first-order chi connectivity index (χ1) is 14.4. The molecule has 0 unspecified atom stereocenters. The standard InChI is InChI=1S/C24H29F2N3O/c1-18(30)27-24(20-5-7-21(25)8-6-20)10-14-28(15-11-24)17-19-4-9-23(22(26)16-19)29-12-2-3-13-29/h4-9,16H,2-3,10-15,17H2,1H3,(H,27,30). The number of hydrogen-bond acceptors (Lipinski definition) is 3. The lowest BCUT2D eigenvalue weighted by atomic mass is 9.80. The highest BCUT2D eigenvalue weighted by Gasteiger charge is 2.37. The maximum absolute atomic E-state index is 14.6. The number of carbonyl (C=O) groups is 1. The summed E-state index contributed by atoms with van der Waals surface area (Å²) in [5.74, 6) is -0.522. The van der Waals surface area contributed by atoms with Crippen LogP contribution in [0.25, 0.3) is 0 Å². The van der Waals surface area contributed by atoms with E-state index in [9.17, 15) is 13.6 Å². The molecule has 30 heavy (non-hydrogen) atoms. The van der Waals surface area contributed by atoms with Crippen LogP contribution in [0, 0.1) is 11.6 Å². The maximum atomic E-state index is 14.6. The number of nitrogens with zero attached hydrogens (tertiary/aromatic N) is 2. The summed E-state index contributed by atoms with van der Waals surface area (Å²) in [6.07, 6.45) is 3.71. The molecule has 0 spiro atoms. The molecule has 2 saturated heterocycles. The highest BCUT2D eigenvalue weighted by Crippen LogP contribution is 2.34. The van der Waals surface area contributed by atoms with Gasteiger partial charge in [0.1, 0.15) is 11.6 Å². The molecule has 0 saturated carbocycles. The van der Waals surface area contributed by atoms with Gasteiger partial charge in [0.2, 0.25) is 5.91 Å². The van der Waals surface area contributed by atoms with Crippen molar-refractivity contribution in [2.75, 3.05) is 31.1 Å². The zero-order valence-corrected chi connectivity index (χ0v) is 17.5. The average Bonchev–Trinajstić information content (AvgIpc) is 3.24. The van der Waals surface area contributed by atoms with Gasteiger partial charge in [-0.3, -0.25) is 9.69 Å². The molecule has 2 aliphatic rings. The fourth-order valence-corrected chi connectivity index (χ4v) is 4.81. The maximum Gasteiger partial charge on any atom is 0.217 e. The van der Waals surface area contributed by atoms with Crippen molar-refractivity contribution in [3.8, 4) is 0 Å². The van der Waals surface area contributed by atoms with Crippen molar-refractivity contribution in [1.29, 1.82) is 0 Å². The van der Waals surface area contributed by atoms with Crippen LogP contribution in [0.3, 0.4) is 0 Å². The molecule has 2 aromatic carbocycles. The molecule has 4 nitrogen and oxygen atoms in total. The minimum absolute atomic E-state index is 0.0904. The van der Waals surface area contributed by atoms with Gasteiger partial charge in [-0.05, 0) is 61.1 Å². The number of anilines is 1. The van der Waals surface area contributed by atoms with E-state index in [2.05, 4.69) is 15.1 Å². The van der Waals surface area contributed by atoms with Crippen molar-refractivity contribution < 1.29 is 13.6 Å². The molecule has 0 aliphatic carbocycles. The zero-order chi connectivity index (χ0) is 21.1. The summed E-state index contributed by atoms with van der Waals surface area (Å²) in [7, 11) is 0. The van der Waals surface area contributed by atoms with Crippen LogP contribution in [0.1, 0.15) is 43.7 Å². The lowest BCUT2D eigenvalue weighted by Crippen LogP contribution is -2.52. The Morgan fingerprint density at radius 1 is 1.00 bits per heavy atom. The predicted octanol–water partition coefficient (Wildman–Crippen LogP) is 4.19. The second-order valence-corrected chi connectivity index (χ2v) is 8.53. The van der Waals surface area contributed by atoms with Crippen LogP contribution in [0.4, 0.5) is 14.5 Å². The van der Waals surface area contributed by atoms with Crippen molar-refractivity contribution in [2.24, 2.45) is 0 Å². The Balaban J connectivity index is 1.43. The van der Waals surface area contributed by atoms with Crippen molar-refractivity contribution in [3.63, 3.8) is 0 Å². The number of rotatable bonds is 5. The number of nitrogens with one attached hydrogen (secondary N) is 1. The van der Waals surface area contributed by atoms with E-state index in [1.807, 2.05) is 12.1 Å². The van der Waals surface area contributed by atoms with Crippen LogP contribution in [0.5, 0.6) is 0 Å². The number of carbonyl (C=O) groups excluding carboxylic acids is 1. The largest absolute Gasteiger partial charge is 0.369 e. The Kier molecular flexibility index (Phi) is 6.04. The van der Waals surface area contributed by atoms with Crippen LogP contribution >= 0.6 is 0 Å². The highest BCUT2D eigenvalue weighted by atomic mass is 19.1. The molecule has 0 bridgehead atoms. The third-order valence-electron chi connectivity index (χ3n) is 6.39. The molecule has 2 aliphatic heterocycles. The van der Waals surface area contributed by atoms with Gasteiger partial charge in [0, 0.05) is 39.6 Å². The lowest BCUT2D eigenvalue weighted by molar-refractivity contribution is -0.121. The van der Waals surface area contributed by atoms with Crippen LogP contribution in [-0.2, 0) is 16.9 Å². The van der Waals surface area contributed by atoms with E-state index in [4.69, 9.17) is 0 Å². The molecule has 160 valence electrons. The molecular weight excluding hydrogens is 384 g/mol. The third kappa shape index (κ3) is 4.48. The average molecular weight is 414 g/mol. The Hall–Kier alpha value is -2.47. The Labute approximate surface area is 176 Å². The Bertz CT molecular complexity index is 886. The zero-order valence-electron chi connectivity index (χ0n) is 17.5. The summed E-state index contributed by atoms with van der Waals surface area (Å²) in [4.78, 5) is 16.3. The quantitative estimate of drug-likeness (QED) is 0.798. The van der Waals surface area contributed by atoms with Crippen molar-refractivity contribution in [3.05, 3.63) is 65.2 Å². The molecule has 1 N–H and O–H groups in total. The van der Waals surface area contributed by atoms with Gasteiger partial charge in [-0.2, -0.15) is 0 Å². The molecule has 2 aromatic rings. The molecule has 0 radical (unpaired) electrons. The summed E-state index contributed by atoms with van der Waals surface area (Å²) >= 11 is 0. The third-order valence-corrected chi connectivity index (χ3v) is 6.39. The van der Waals surface area contributed by atoms with E-state index in [0.717, 1.165) is 63.0 Å². The Morgan fingerprint density at radius 2 is 1.67 bits per heavy atom. The monoisotopic (exact) mass is 413 g/mol. The van der Waals surface area contributed by atoms with E-state index in [0.29, 0.717) is 12.2 Å². The second kappa shape index (κ2) is 8.72. The minimum atomic E-state index is -0.485. The number of benzene rings is 2. The molecule has 0 aromatic heterocycles. The van der Waals surface area contributed by atoms with Crippen molar-refractivity contribution >= 4 is 11.6 Å². The fraction of sp³-hybridized carbons (Fsp3) is 0.458. The Morgan fingerprint density at radius 3 is 2.27 bits per heavy atom. The second-order valence-electron chi connectivity index (χ2n) is 8.53. The summed E-state index contributed by atoms with van der Waals surface area (Å²) in [5, 5.41) is 3.11. The van der Waals surface area contributed by atoms with Crippen LogP contribution in [0.2, 0.25) is 0 Å². The first-order valence-corrected chi connectivity index (χ1v) is 10.8. The van der Waals surface area contributed by atoms with Crippen LogP contribution < -0.4 is 10.2 Å². The first kappa shape index (κ1) is 20.8. The smallest absolute Gasteiger partial charge is 0.217 e. The number of halogens is 2. The predicted molar refractivity (Wildman–Crippen MR) is 114 cm³/mol. The molecular formula is C24H29F2N3O. The van der Waals surface area contributed by atoms with Crippen LogP contribution in [0.15, 0.2) is 42.5 Å². The van der Waals surface area contributed by atoms with Crippen molar-refractivity contribution in [1.82, 2.24) is 10.2 Å². The summed E-state index contributed by atoms with van der Waals surface area (Å²) < 4.78 is 28.0. The molecule has 4 rings (SSSR count).